The second-order valence-electron chi connectivity index (χ2n) is 6.60. The molecule has 132 valence electrons. The molecule has 0 unspecified atom stereocenters. The van der Waals surface area contributed by atoms with E-state index in [4.69, 9.17) is 4.98 Å². The van der Waals surface area contributed by atoms with E-state index in [9.17, 15) is 4.79 Å². The molecule has 0 saturated carbocycles. The van der Waals surface area contributed by atoms with Gasteiger partial charge in [0.1, 0.15) is 6.54 Å². The number of rotatable bonds is 4. The maximum absolute atomic E-state index is 12.4. The first-order valence-electron chi connectivity index (χ1n) is 8.90. The van der Waals surface area contributed by atoms with Gasteiger partial charge < -0.3 is 5.32 Å². The summed E-state index contributed by atoms with van der Waals surface area (Å²) in [6, 6.07) is 11.8. The van der Waals surface area contributed by atoms with E-state index < -0.39 is 0 Å². The molecule has 1 aliphatic rings. The Bertz CT molecular complexity index is 919. The molecule has 0 radical (unpaired) electrons. The van der Waals surface area contributed by atoms with Crippen LogP contribution in [-0.2, 0) is 17.8 Å². The van der Waals surface area contributed by atoms with E-state index in [2.05, 4.69) is 15.4 Å². The van der Waals surface area contributed by atoms with Crippen molar-refractivity contribution in [3.63, 3.8) is 0 Å². The van der Waals surface area contributed by atoms with Gasteiger partial charge in [-0.25, -0.2) is 9.97 Å². The van der Waals surface area contributed by atoms with Crippen molar-refractivity contribution in [3.8, 4) is 11.4 Å². The van der Waals surface area contributed by atoms with Crippen molar-refractivity contribution in [2.24, 2.45) is 0 Å². The summed E-state index contributed by atoms with van der Waals surface area (Å²) < 4.78 is 1.70. The van der Waals surface area contributed by atoms with Crippen LogP contribution in [-0.4, -0.2) is 25.7 Å². The molecular weight excluding hydrogens is 326 g/mol. The van der Waals surface area contributed by atoms with Gasteiger partial charge in [0.15, 0.2) is 5.82 Å². The van der Waals surface area contributed by atoms with Gasteiger partial charge in [0.2, 0.25) is 5.91 Å². The van der Waals surface area contributed by atoms with E-state index in [-0.39, 0.29) is 18.5 Å². The Morgan fingerprint density at radius 2 is 2.12 bits per heavy atom. The first-order chi connectivity index (χ1) is 12.7. The van der Waals surface area contributed by atoms with Crippen molar-refractivity contribution in [2.75, 3.05) is 0 Å². The van der Waals surface area contributed by atoms with Crippen molar-refractivity contribution in [1.29, 1.82) is 0 Å². The molecule has 2 heterocycles. The molecule has 1 N–H and O–H groups in total. The predicted octanol–water partition coefficient (Wildman–Crippen LogP) is 2.84. The zero-order valence-electron chi connectivity index (χ0n) is 14.7. The van der Waals surface area contributed by atoms with Crippen molar-refractivity contribution >= 4 is 5.91 Å². The fourth-order valence-electron chi connectivity index (χ4n) is 3.36. The molecule has 1 atom stereocenters. The quantitative estimate of drug-likeness (QED) is 0.788. The molecular formula is C20H21N5O. The minimum atomic E-state index is -0.0400. The van der Waals surface area contributed by atoms with Crippen LogP contribution >= 0.6 is 0 Å². The van der Waals surface area contributed by atoms with E-state index >= 15 is 0 Å². The van der Waals surface area contributed by atoms with Crippen LogP contribution in [0.1, 0.15) is 35.8 Å². The maximum atomic E-state index is 12.4. The Kier molecular flexibility index (Phi) is 4.48. The van der Waals surface area contributed by atoms with Gasteiger partial charge in [0.25, 0.3) is 0 Å². The molecule has 6 heteroatoms. The van der Waals surface area contributed by atoms with Crippen LogP contribution in [0.5, 0.6) is 0 Å². The molecule has 1 amide bonds. The number of nitrogens with one attached hydrogen (secondary N) is 1. The molecule has 0 fully saturated rings. The third-order valence-electron chi connectivity index (χ3n) is 4.77. The second-order valence-corrected chi connectivity index (χ2v) is 6.60. The van der Waals surface area contributed by atoms with E-state index in [0.717, 1.165) is 47.6 Å². The highest BCUT2D eigenvalue weighted by molar-refractivity contribution is 5.76. The van der Waals surface area contributed by atoms with E-state index in [1.165, 1.54) is 0 Å². The maximum Gasteiger partial charge on any atom is 0.242 e. The van der Waals surface area contributed by atoms with Crippen LogP contribution in [0.2, 0.25) is 0 Å². The predicted molar refractivity (Wildman–Crippen MR) is 98.3 cm³/mol. The van der Waals surface area contributed by atoms with Gasteiger partial charge in [-0.1, -0.05) is 30.3 Å². The number of hydrogen-bond acceptors (Lipinski definition) is 4. The number of fused-ring (bicyclic) bond motifs is 1. The highest BCUT2D eigenvalue weighted by atomic mass is 16.2. The summed E-state index contributed by atoms with van der Waals surface area (Å²) in [6.45, 7) is 2.17. The number of carbonyl (C=O) groups is 1. The smallest absolute Gasteiger partial charge is 0.242 e. The number of carbonyl (C=O) groups excluding carboxylic acids is 1. The molecule has 0 aliphatic heterocycles. The largest absolute Gasteiger partial charge is 0.348 e. The summed E-state index contributed by atoms with van der Waals surface area (Å²) in [5.74, 6) is 0.699. The Morgan fingerprint density at radius 3 is 2.88 bits per heavy atom. The molecule has 4 rings (SSSR count). The van der Waals surface area contributed by atoms with Crippen LogP contribution in [0, 0.1) is 6.92 Å². The Balaban J connectivity index is 1.52. The SMILES string of the molecule is Cc1ccnn1CC(=O)N[C@H]1CCCc2nc(-c3ccccc3)ncc21. The van der Waals surface area contributed by atoms with Crippen LogP contribution in [0.4, 0.5) is 0 Å². The Labute approximate surface area is 152 Å². The molecule has 1 aliphatic carbocycles. The zero-order chi connectivity index (χ0) is 17.9. The molecule has 6 nitrogen and oxygen atoms in total. The molecule has 0 saturated heterocycles. The first kappa shape index (κ1) is 16.4. The summed E-state index contributed by atoms with van der Waals surface area (Å²) in [5.41, 5.74) is 4.04. The van der Waals surface area contributed by atoms with Crippen molar-refractivity contribution in [1.82, 2.24) is 25.1 Å². The number of aryl methyl sites for hydroxylation is 2. The number of aromatic nitrogens is 4. The average Bonchev–Trinajstić information content (AvgIpc) is 3.07. The number of nitrogens with zero attached hydrogens (tertiary/aromatic N) is 4. The molecule has 0 bridgehead atoms. The minimum absolute atomic E-state index is 0.0352. The van der Waals surface area contributed by atoms with Gasteiger partial charge in [-0.2, -0.15) is 5.10 Å². The van der Waals surface area contributed by atoms with E-state index in [1.54, 1.807) is 10.9 Å². The van der Waals surface area contributed by atoms with Crippen molar-refractivity contribution in [2.45, 2.75) is 38.8 Å². The van der Waals surface area contributed by atoms with Crippen LogP contribution in [0.25, 0.3) is 11.4 Å². The normalized spacial score (nSPS) is 16.1. The fourth-order valence-corrected chi connectivity index (χ4v) is 3.36. The van der Waals surface area contributed by atoms with Crippen molar-refractivity contribution < 1.29 is 4.79 Å². The molecule has 3 aromatic rings. The average molecular weight is 347 g/mol. The lowest BCUT2D eigenvalue weighted by Crippen LogP contribution is -2.34. The van der Waals surface area contributed by atoms with E-state index in [1.807, 2.05) is 49.5 Å². The topological polar surface area (TPSA) is 72.7 Å². The highest BCUT2D eigenvalue weighted by Gasteiger charge is 2.24. The summed E-state index contributed by atoms with van der Waals surface area (Å²) in [5, 5.41) is 7.29. The number of hydrogen-bond donors (Lipinski definition) is 1. The molecule has 2 aromatic heterocycles. The summed E-state index contributed by atoms with van der Waals surface area (Å²) >= 11 is 0. The third kappa shape index (κ3) is 3.35. The summed E-state index contributed by atoms with van der Waals surface area (Å²) in [7, 11) is 0. The summed E-state index contributed by atoms with van der Waals surface area (Å²) in [4.78, 5) is 21.7. The summed E-state index contributed by atoms with van der Waals surface area (Å²) in [6.07, 6.45) is 6.41. The Morgan fingerprint density at radius 1 is 1.27 bits per heavy atom. The van der Waals surface area contributed by atoms with Crippen LogP contribution < -0.4 is 5.32 Å². The van der Waals surface area contributed by atoms with Gasteiger partial charge in [0.05, 0.1) is 6.04 Å². The van der Waals surface area contributed by atoms with Gasteiger partial charge >= 0.3 is 0 Å². The van der Waals surface area contributed by atoms with E-state index in [0.29, 0.717) is 0 Å². The second kappa shape index (κ2) is 7.07. The molecule has 1 aromatic carbocycles. The number of benzene rings is 1. The van der Waals surface area contributed by atoms with Crippen LogP contribution in [0.15, 0.2) is 48.8 Å². The van der Waals surface area contributed by atoms with Gasteiger partial charge in [-0.15, -0.1) is 0 Å². The zero-order valence-corrected chi connectivity index (χ0v) is 14.7. The van der Waals surface area contributed by atoms with Gasteiger partial charge in [-0.3, -0.25) is 9.48 Å². The minimum Gasteiger partial charge on any atom is -0.348 e. The lowest BCUT2D eigenvalue weighted by Gasteiger charge is -2.25. The standard InChI is InChI=1S/C20H21N5O/c1-14-10-11-22-25(14)13-19(26)23-17-8-5-9-18-16(17)12-21-20(24-18)15-6-3-2-4-7-15/h2-4,6-7,10-12,17H,5,8-9,13H2,1H3,(H,23,26)/t17-/m0/s1. The lowest BCUT2D eigenvalue weighted by atomic mass is 9.92. The van der Waals surface area contributed by atoms with Gasteiger partial charge in [0, 0.05) is 34.9 Å². The monoisotopic (exact) mass is 347 g/mol. The first-order valence-corrected chi connectivity index (χ1v) is 8.90. The fraction of sp³-hybridized carbons (Fsp3) is 0.300. The molecule has 0 spiro atoms. The Hall–Kier alpha value is -3.02. The molecule has 26 heavy (non-hydrogen) atoms. The third-order valence-corrected chi connectivity index (χ3v) is 4.77. The number of amides is 1. The van der Waals surface area contributed by atoms with Crippen molar-refractivity contribution in [3.05, 3.63) is 65.7 Å². The van der Waals surface area contributed by atoms with Crippen LogP contribution in [0.3, 0.4) is 0 Å². The lowest BCUT2D eigenvalue weighted by molar-refractivity contribution is -0.122. The van der Waals surface area contributed by atoms with Gasteiger partial charge in [-0.05, 0) is 32.3 Å². The highest BCUT2D eigenvalue weighted by Crippen LogP contribution is 2.29.